The molecule has 1 aliphatic rings. The number of amides is 1. The molecule has 148 valence electrons. The van der Waals surface area contributed by atoms with Gasteiger partial charge < -0.3 is 9.32 Å². The Hall–Kier alpha value is -2.84. The predicted molar refractivity (Wildman–Crippen MR) is 94.6 cm³/mol. The molecule has 1 amide bonds. The smallest absolute Gasteiger partial charge is 0.433 e. The first kappa shape index (κ1) is 18.5. The number of hydrogen-bond donors (Lipinski definition) is 0. The lowest BCUT2D eigenvalue weighted by Crippen LogP contribution is -2.45. The first-order valence-corrected chi connectivity index (χ1v) is 9.07. The maximum Gasteiger partial charge on any atom is 0.433 e. The first-order chi connectivity index (χ1) is 13.2. The van der Waals surface area contributed by atoms with Crippen LogP contribution in [-0.4, -0.2) is 38.0 Å². The molecule has 2 unspecified atom stereocenters. The molecule has 6 nitrogen and oxygen atoms in total. The van der Waals surface area contributed by atoms with E-state index in [4.69, 9.17) is 4.42 Å². The summed E-state index contributed by atoms with van der Waals surface area (Å²) < 4.78 is 46.7. The van der Waals surface area contributed by atoms with Crippen molar-refractivity contribution in [2.24, 2.45) is 5.92 Å². The van der Waals surface area contributed by atoms with E-state index in [0.29, 0.717) is 17.0 Å². The fourth-order valence-electron chi connectivity index (χ4n) is 3.55. The minimum atomic E-state index is -4.66. The molecule has 0 aliphatic carbocycles. The summed E-state index contributed by atoms with van der Waals surface area (Å²) in [6.07, 6.45) is -1.43. The van der Waals surface area contributed by atoms with Crippen LogP contribution < -0.4 is 0 Å². The second-order valence-electron chi connectivity index (χ2n) is 7.29. The molecule has 3 aromatic heterocycles. The topological polar surface area (TPSA) is 63.6 Å². The van der Waals surface area contributed by atoms with Crippen LogP contribution in [-0.2, 0) is 6.18 Å². The zero-order valence-electron chi connectivity index (χ0n) is 15.4. The molecule has 0 aromatic carbocycles. The fourth-order valence-corrected chi connectivity index (χ4v) is 3.55. The summed E-state index contributed by atoms with van der Waals surface area (Å²) in [6, 6.07) is 5.29. The van der Waals surface area contributed by atoms with Crippen LogP contribution in [0.15, 0.2) is 34.9 Å². The number of carbonyl (C=O) groups is 1. The number of piperidine rings is 1. The average molecular weight is 392 g/mol. The Bertz CT molecular complexity index is 1010. The van der Waals surface area contributed by atoms with Gasteiger partial charge in [0.2, 0.25) is 0 Å². The van der Waals surface area contributed by atoms with Gasteiger partial charge in [0, 0.05) is 18.7 Å². The number of rotatable bonds is 2. The lowest BCUT2D eigenvalue weighted by molar-refractivity contribution is -0.142. The van der Waals surface area contributed by atoms with Gasteiger partial charge in [-0.05, 0) is 43.9 Å². The van der Waals surface area contributed by atoms with Gasteiger partial charge in [0.05, 0.1) is 6.26 Å². The van der Waals surface area contributed by atoms with E-state index in [2.05, 4.69) is 17.0 Å². The molecule has 1 saturated heterocycles. The third-order valence-electron chi connectivity index (χ3n) is 5.09. The number of carbonyl (C=O) groups excluding carboxylic acids is 1. The Kier molecular flexibility index (Phi) is 4.40. The number of furan rings is 1. The molecule has 9 heteroatoms. The van der Waals surface area contributed by atoms with Crippen molar-refractivity contribution in [3.8, 4) is 11.5 Å². The average Bonchev–Trinajstić information content (AvgIpc) is 3.30. The van der Waals surface area contributed by atoms with Crippen LogP contribution in [0.25, 0.3) is 17.1 Å². The highest BCUT2D eigenvalue weighted by molar-refractivity contribution is 5.93. The number of alkyl halides is 3. The van der Waals surface area contributed by atoms with Gasteiger partial charge in [-0.2, -0.15) is 18.3 Å². The Labute approximate surface area is 159 Å². The molecule has 0 N–H and O–H groups in total. The van der Waals surface area contributed by atoms with Crippen molar-refractivity contribution in [1.29, 1.82) is 0 Å². The number of likely N-dealkylation sites (tertiary alicyclic amines) is 1. The van der Waals surface area contributed by atoms with E-state index >= 15 is 0 Å². The lowest BCUT2D eigenvalue weighted by atomic mass is 9.95. The zero-order valence-corrected chi connectivity index (χ0v) is 15.4. The summed E-state index contributed by atoms with van der Waals surface area (Å²) in [5, 5.41) is 3.95. The summed E-state index contributed by atoms with van der Waals surface area (Å²) in [6.45, 7) is 4.55. The minimum absolute atomic E-state index is 0.0160. The molecule has 4 heterocycles. The van der Waals surface area contributed by atoms with Crippen molar-refractivity contribution in [1.82, 2.24) is 19.5 Å². The molecule has 0 bridgehead atoms. The van der Waals surface area contributed by atoms with Crippen molar-refractivity contribution in [2.45, 2.75) is 38.9 Å². The molecular weight excluding hydrogens is 373 g/mol. The van der Waals surface area contributed by atoms with Crippen LogP contribution in [0.5, 0.6) is 0 Å². The third-order valence-corrected chi connectivity index (χ3v) is 5.09. The minimum Gasteiger partial charge on any atom is -0.463 e. The number of aromatic nitrogens is 3. The maximum absolute atomic E-state index is 13.6. The van der Waals surface area contributed by atoms with Crippen LogP contribution in [0.1, 0.15) is 42.9 Å². The van der Waals surface area contributed by atoms with Crippen molar-refractivity contribution >= 4 is 11.6 Å². The molecule has 1 fully saturated rings. The molecule has 0 radical (unpaired) electrons. The standard InChI is InChI=1S/C19H19F3N4O2/c1-11-5-6-12(2)25(10-11)18(27)14-9-17-23-13(15-4-3-7-28-15)8-16(19(20,21)22)26(17)24-14/h3-4,7-9,11-12H,5-6,10H2,1-2H3. The van der Waals surface area contributed by atoms with Gasteiger partial charge in [0.15, 0.2) is 22.8 Å². The van der Waals surface area contributed by atoms with Gasteiger partial charge in [-0.3, -0.25) is 4.79 Å². The van der Waals surface area contributed by atoms with Crippen LogP contribution in [0.2, 0.25) is 0 Å². The van der Waals surface area contributed by atoms with Gasteiger partial charge in [-0.15, -0.1) is 0 Å². The summed E-state index contributed by atoms with van der Waals surface area (Å²) in [5.41, 5.74) is -1.08. The summed E-state index contributed by atoms with van der Waals surface area (Å²) in [7, 11) is 0. The monoisotopic (exact) mass is 392 g/mol. The van der Waals surface area contributed by atoms with Crippen LogP contribution in [0.3, 0.4) is 0 Å². The van der Waals surface area contributed by atoms with Gasteiger partial charge in [-0.25, -0.2) is 9.50 Å². The number of hydrogen-bond acceptors (Lipinski definition) is 4. The molecule has 3 aromatic rings. The third kappa shape index (κ3) is 3.25. The van der Waals surface area contributed by atoms with E-state index in [1.165, 1.54) is 18.4 Å². The van der Waals surface area contributed by atoms with E-state index < -0.39 is 11.9 Å². The largest absolute Gasteiger partial charge is 0.463 e. The predicted octanol–water partition coefficient (Wildman–Crippen LogP) is 4.27. The van der Waals surface area contributed by atoms with Crippen molar-refractivity contribution in [3.05, 3.63) is 41.9 Å². The van der Waals surface area contributed by atoms with Crippen LogP contribution in [0.4, 0.5) is 13.2 Å². The molecule has 0 saturated carbocycles. The van der Waals surface area contributed by atoms with Crippen molar-refractivity contribution in [2.75, 3.05) is 6.54 Å². The van der Waals surface area contributed by atoms with E-state index in [-0.39, 0.29) is 34.7 Å². The van der Waals surface area contributed by atoms with E-state index in [1.807, 2.05) is 6.92 Å². The number of fused-ring (bicyclic) bond motifs is 1. The quantitative estimate of drug-likeness (QED) is 0.653. The Morgan fingerprint density at radius 3 is 2.71 bits per heavy atom. The molecule has 1 aliphatic heterocycles. The van der Waals surface area contributed by atoms with Gasteiger partial charge in [0.1, 0.15) is 5.69 Å². The first-order valence-electron chi connectivity index (χ1n) is 9.07. The summed E-state index contributed by atoms with van der Waals surface area (Å²) in [5.74, 6) is 0.171. The molecular formula is C19H19F3N4O2. The van der Waals surface area contributed by atoms with Crippen LogP contribution >= 0.6 is 0 Å². The van der Waals surface area contributed by atoms with Gasteiger partial charge >= 0.3 is 6.18 Å². The van der Waals surface area contributed by atoms with Crippen molar-refractivity contribution < 1.29 is 22.4 Å². The Morgan fingerprint density at radius 2 is 2.04 bits per heavy atom. The highest BCUT2D eigenvalue weighted by Gasteiger charge is 2.36. The van der Waals surface area contributed by atoms with Crippen molar-refractivity contribution in [3.63, 3.8) is 0 Å². The van der Waals surface area contributed by atoms with E-state index in [1.54, 1.807) is 11.0 Å². The highest BCUT2D eigenvalue weighted by atomic mass is 19.4. The number of halogens is 3. The zero-order chi connectivity index (χ0) is 20.1. The molecule has 4 rings (SSSR count). The highest BCUT2D eigenvalue weighted by Crippen LogP contribution is 2.33. The number of nitrogens with zero attached hydrogens (tertiary/aromatic N) is 4. The normalized spacial score (nSPS) is 20.7. The summed E-state index contributed by atoms with van der Waals surface area (Å²) >= 11 is 0. The van der Waals surface area contributed by atoms with Crippen LogP contribution in [0, 0.1) is 5.92 Å². The van der Waals surface area contributed by atoms with E-state index in [0.717, 1.165) is 18.9 Å². The van der Waals surface area contributed by atoms with Gasteiger partial charge in [-0.1, -0.05) is 6.92 Å². The Morgan fingerprint density at radius 1 is 1.25 bits per heavy atom. The molecule has 28 heavy (non-hydrogen) atoms. The fraction of sp³-hybridized carbons (Fsp3) is 0.421. The second kappa shape index (κ2) is 6.65. The van der Waals surface area contributed by atoms with E-state index in [9.17, 15) is 18.0 Å². The summed E-state index contributed by atoms with van der Waals surface area (Å²) in [4.78, 5) is 18.8. The Balaban J connectivity index is 1.80. The lowest BCUT2D eigenvalue weighted by Gasteiger charge is -2.36. The maximum atomic E-state index is 13.6. The molecule has 2 atom stereocenters. The second-order valence-corrected chi connectivity index (χ2v) is 7.29. The SMILES string of the molecule is CC1CCC(C)N(C(=O)c2cc3nc(-c4ccco4)cc(C(F)(F)F)n3n2)C1. The molecule has 0 spiro atoms. The van der Waals surface area contributed by atoms with Gasteiger partial charge in [0.25, 0.3) is 5.91 Å².